The van der Waals surface area contributed by atoms with E-state index >= 15 is 0 Å². The number of carbonyl (C=O) groups excluding carboxylic acids is 2. The summed E-state index contributed by atoms with van der Waals surface area (Å²) in [4.78, 5) is 30.2. The Bertz CT molecular complexity index is 781. The number of amides is 2. The summed E-state index contributed by atoms with van der Waals surface area (Å²) in [5.74, 6) is -0.410. The Morgan fingerprint density at radius 3 is 1.79 bits per heavy atom. The van der Waals surface area contributed by atoms with E-state index in [2.05, 4.69) is 24.1 Å². The van der Waals surface area contributed by atoms with Crippen LogP contribution in [0.15, 0.2) is 48.5 Å². The largest absolute Gasteiger partial charge is 0.378 e. The summed E-state index contributed by atoms with van der Waals surface area (Å²) in [5, 5.41) is 2.87. The van der Waals surface area contributed by atoms with Crippen LogP contribution in [-0.2, 0) is 9.59 Å². The molecule has 2 aromatic carbocycles. The predicted molar refractivity (Wildman–Crippen MR) is 117 cm³/mol. The highest BCUT2D eigenvalue weighted by Gasteiger charge is 2.16. The zero-order valence-electron chi connectivity index (χ0n) is 17.4. The monoisotopic (exact) mass is 382 g/mol. The Morgan fingerprint density at radius 1 is 0.821 bits per heavy atom. The Morgan fingerprint density at radius 2 is 1.32 bits per heavy atom. The fourth-order valence-corrected chi connectivity index (χ4v) is 3.00. The van der Waals surface area contributed by atoms with Crippen LogP contribution in [0.25, 0.3) is 0 Å². The van der Waals surface area contributed by atoms with Gasteiger partial charge in [0.1, 0.15) is 6.54 Å². The maximum Gasteiger partial charge on any atom is 0.244 e. The molecule has 1 N–H and O–H groups in total. The molecule has 150 valence electrons. The molecule has 0 saturated heterocycles. The van der Waals surface area contributed by atoms with Gasteiger partial charge >= 0.3 is 0 Å². The van der Waals surface area contributed by atoms with Crippen LogP contribution < -0.4 is 20.0 Å². The van der Waals surface area contributed by atoms with E-state index in [-0.39, 0.29) is 18.4 Å². The van der Waals surface area contributed by atoms with E-state index in [4.69, 9.17) is 0 Å². The molecule has 0 aliphatic heterocycles. The van der Waals surface area contributed by atoms with E-state index in [0.29, 0.717) is 11.4 Å². The molecule has 0 unspecified atom stereocenters. The summed E-state index contributed by atoms with van der Waals surface area (Å²) in [6.45, 7) is 7.52. The number of benzene rings is 2. The molecular weight excluding hydrogens is 352 g/mol. The van der Waals surface area contributed by atoms with Crippen molar-refractivity contribution in [1.29, 1.82) is 0 Å². The molecule has 0 heterocycles. The summed E-state index contributed by atoms with van der Waals surface area (Å²) in [6, 6.07) is 15.3. The zero-order valence-corrected chi connectivity index (χ0v) is 17.4. The first-order valence-corrected chi connectivity index (χ1v) is 9.56. The molecule has 0 fully saturated rings. The first-order chi connectivity index (χ1) is 13.3. The second-order valence-electron chi connectivity index (χ2n) is 6.78. The standard InChI is InChI=1S/C22H30N4O2/c1-6-25(7-2)20-10-8-18(9-11-20)23-22(28)16-26(17(3)27)21-14-12-19(13-15-21)24(4)5/h8-15H,6-7,16H2,1-5H3,(H,23,28). The third-order valence-corrected chi connectivity index (χ3v) is 4.64. The highest BCUT2D eigenvalue weighted by Crippen LogP contribution is 2.21. The Balaban J connectivity index is 2.05. The van der Waals surface area contributed by atoms with E-state index in [0.717, 1.165) is 24.5 Å². The fourth-order valence-electron chi connectivity index (χ4n) is 3.00. The minimum absolute atomic E-state index is 0.0333. The van der Waals surface area contributed by atoms with Gasteiger partial charge in [0.2, 0.25) is 11.8 Å². The average Bonchev–Trinajstić information content (AvgIpc) is 2.68. The van der Waals surface area contributed by atoms with Crippen molar-refractivity contribution < 1.29 is 9.59 Å². The molecule has 2 amide bonds. The van der Waals surface area contributed by atoms with Crippen molar-refractivity contribution >= 4 is 34.6 Å². The molecule has 0 radical (unpaired) electrons. The SMILES string of the molecule is CCN(CC)c1ccc(NC(=O)CN(C(C)=O)c2ccc(N(C)C)cc2)cc1. The maximum atomic E-state index is 12.5. The molecule has 0 saturated carbocycles. The normalized spacial score (nSPS) is 10.3. The Hall–Kier alpha value is -3.02. The minimum Gasteiger partial charge on any atom is -0.378 e. The lowest BCUT2D eigenvalue weighted by molar-refractivity contribution is -0.120. The summed E-state index contributed by atoms with van der Waals surface area (Å²) in [6.07, 6.45) is 0. The molecule has 0 spiro atoms. The topological polar surface area (TPSA) is 55.9 Å². The second kappa shape index (κ2) is 9.78. The smallest absolute Gasteiger partial charge is 0.244 e. The summed E-state index contributed by atoms with van der Waals surface area (Å²) in [5.41, 5.74) is 3.57. The lowest BCUT2D eigenvalue weighted by Crippen LogP contribution is -2.36. The summed E-state index contributed by atoms with van der Waals surface area (Å²) in [7, 11) is 3.91. The number of carbonyl (C=O) groups is 2. The van der Waals surface area contributed by atoms with Crippen molar-refractivity contribution in [3.8, 4) is 0 Å². The Kier molecular flexibility index (Phi) is 7.44. The lowest BCUT2D eigenvalue weighted by atomic mass is 10.2. The molecule has 0 aliphatic rings. The van der Waals surface area contributed by atoms with Crippen molar-refractivity contribution in [2.75, 3.05) is 53.7 Å². The van der Waals surface area contributed by atoms with Gasteiger partial charge in [0, 0.05) is 56.9 Å². The number of hydrogen-bond acceptors (Lipinski definition) is 4. The van der Waals surface area contributed by atoms with Crippen LogP contribution in [0, 0.1) is 0 Å². The quantitative estimate of drug-likeness (QED) is 0.758. The van der Waals surface area contributed by atoms with Crippen LogP contribution in [0.1, 0.15) is 20.8 Å². The van der Waals surface area contributed by atoms with Crippen LogP contribution in [-0.4, -0.2) is 45.5 Å². The molecule has 2 aromatic rings. The molecule has 0 aromatic heterocycles. The molecule has 0 atom stereocenters. The summed E-state index contributed by atoms with van der Waals surface area (Å²) < 4.78 is 0. The van der Waals surface area contributed by atoms with Gasteiger partial charge in [0.15, 0.2) is 0 Å². The van der Waals surface area contributed by atoms with Crippen LogP contribution in [0.5, 0.6) is 0 Å². The predicted octanol–water partition coefficient (Wildman–Crippen LogP) is 3.59. The summed E-state index contributed by atoms with van der Waals surface area (Å²) >= 11 is 0. The number of anilines is 4. The average molecular weight is 383 g/mol. The van der Waals surface area contributed by atoms with E-state index < -0.39 is 0 Å². The molecule has 0 bridgehead atoms. The molecule has 0 aliphatic carbocycles. The van der Waals surface area contributed by atoms with Gasteiger partial charge in [0.05, 0.1) is 0 Å². The van der Waals surface area contributed by atoms with Gasteiger partial charge in [-0.25, -0.2) is 0 Å². The fraction of sp³-hybridized carbons (Fsp3) is 0.364. The maximum absolute atomic E-state index is 12.5. The third-order valence-electron chi connectivity index (χ3n) is 4.64. The van der Waals surface area contributed by atoms with Crippen LogP contribution in [0.3, 0.4) is 0 Å². The first kappa shape index (κ1) is 21.3. The van der Waals surface area contributed by atoms with Gasteiger partial charge in [-0.1, -0.05) is 0 Å². The van der Waals surface area contributed by atoms with Crippen molar-refractivity contribution in [3.63, 3.8) is 0 Å². The van der Waals surface area contributed by atoms with Crippen LogP contribution in [0.4, 0.5) is 22.7 Å². The highest BCUT2D eigenvalue weighted by molar-refractivity contribution is 6.01. The van der Waals surface area contributed by atoms with Crippen molar-refractivity contribution in [1.82, 2.24) is 0 Å². The van der Waals surface area contributed by atoms with Gasteiger partial charge in [-0.3, -0.25) is 9.59 Å². The molecule has 6 heteroatoms. The molecular formula is C22H30N4O2. The second-order valence-corrected chi connectivity index (χ2v) is 6.78. The van der Waals surface area contributed by atoms with E-state index in [1.165, 1.54) is 11.8 Å². The number of nitrogens with zero attached hydrogens (tertiary/aromatic N) is 3. The third kappa shape index (κ3) is 5.49. The molecule has 6 nitrogen and oxygen atoms in total. The minimum atomic E-state index is -0.234. The lowest BCUT2D eigenvalue weighted by Gasteiger charge is -2.22. The van der Waals surface area contributed by atoms with Crippen LogP contribution in [0.2, 0.25) is 0 Å². The van der Waals surface area contributed by atoms with Gasteiger partial charge in [0.25, 0.3) is 0 Å². The van der Waals surface area contributed by atoms with Crippen molar-refractivity contribution in [2.45, 2.75) is 20.8 Å². The van der Waals surface area contributed by atoms with Crippen molar-refractivity contribution in [2.24, 2.45) is 0 Å². The number of nitrogens with one attached hydrogen (secondary N) is 1. The number of hydrogen-bond donors (Lipinski definition) is 1. The van der Waals surface area contributed by atoms with Gasteiger partial charge in [-0.05, 0) is 62.4 Å². The van der Waals surface area contributed by atoms with E-state index in [1.54, 1.807) is 0 Å². The van der Waals surface area contributed by atoms with Crippen molar-refractivity contribution in [3.05, 3.63) is 48.5 Å². The number of rotatable bonds is 8. The molecule has 28 heavy (non-hydrogen) atoms. The van der Waals surface area contributed by atoms with E-state index in [1.807, 2.05) is 67.5 Å². The Labute approximate surface area is 167 Å². The highest BCUT2D eigenvalue weighted by atomic mass is 16.2. The zero-order chi connectivity index (χ0) is 20.7. The van der Waals surface area contributed by atoms with Crippen LogP contribution >= 0.6 is 0 Å². The van der Waals surface area contributed by atoms with E-state index in [9.17, 15) is 9.59 Å². The first-order valence-electron chi connectivity index (χ1n) is 9.56. The van der Waals surface area contributed by atoms with Gasteiger partial charge in [-0.2, -0.15) is 0 Å². The molecule has 2 rings (SSSR count). The van der Waals surface area contributed by atoms with Gasteiger partial charge < -0.3 is 20.0 Å². The van der Waals surface area contributed by atoms with Gasteiger partial charge in [-0.15, -0.1) is 0 Å².